The minimum atomic E-state index is 0.383. The number of pyridine rings is 1. The highest BCUT2D eigenvalue weighted by molar-refractivity contribution is 6.36. The van der Waals surface area contributed by atoms with Gasteiger partial charge < -0.3 is 0 Å². The lowest BCUT2D eigenvalue weighted by molar-refractivity contribution is 1.26. The monoisotopic (exact) mass is 248 g/mol. The zero-order valence-electron chi connectivity index (χ0n) is 8.11. The van der Waals surface area contributed by atoms with Crippen LogP contribution >= 0.6 is 23.2 Å². The van der Waals surface area contributed by atoms with E-state index in [1.807, 2.05) is 12.1 Å². The number of rotatable bonds is 1. The van der Waals surface area contributed by atoms with Crippen molar-refractivity contribution in [1.82, 2.24) is 4.98 Å². The van der Waals surface area contributed by atoms with Crippen molar-refractivity contribution in [3.8, 4) is 17.2 Å². The summed E-state index contributed by atoms with van der Waals surface area (Å²) in [5, 5.41) is 9.80. The highest BCUT2D eigenvalue weighted by Crippen LogP contribution is 2.29. The van der Waals surface area contributed by atoms with E-state index in [9.17, 15) is 0 Å². The molecule has 1 aromatic carbocycles. The molecule has 2 aromatic rings. The average molecular weight is 249 g/mol. The predicted octanol–water partition coefficient (Wildman–Crippen LogP) is 3.93. The van der Waals surface area contributed by atoms with Gasteiger partial charge in [0, 0.05) is 27.4 Å². The molecule has 0 aliphatic rings. The van der Waals surface area contributed by atoms with Crippen LogP contribution in [0.4, 0.5) is 0 Å². The number of nitrogens with zero attached hydrogens (tertiary/aromatic N) is 2. The summed E-state index contributed by atoms with van der Waals surface area (Å²) >= 11 is 11.9. The highest BCUT2D eigenvalue weighted by atomic mass is 35.5. The van der Waals surface area contributed by atoms with E-state index in [4.69, 9.17) is 28.5 Å². The second-order valence-corrected chi connectivity index (χ2v) is 4.01. The summed E-state index contributed by atoms with van der Waals surface area (Å²) in [5.41, 5.74) is 2.09. The minimum absolute atomic E-state index is 0.383. The summed E-state index contributed by atoms with van der Waals surface area (Å²) in [4.78, 5) is 3.98. The molecule has 0 fully saturated rings. The molecule has 0 spiro atoms. The summed E-state index contributed by atoms with van der Waals surface area (Å²) in [6.07, 6.45) is 1.62. The fraction of sp³-hybridized carbons (Fsp3) is 0. The van der Waals surface area contributed by atoms with Gasteiger partial charge in [0.2, 0.25) is 0 Å². The first kappa shape index (κ1) is 10.9. The van der Waals surface area contributed by atoms with E-state index >= 15 is 0 Å². The molecule has 0 radical (unpaired) electrons. The second-order valence-electron chi connectivity index (χ2n) is 3.17. The lowest BCUT2D eigenvalue weighted by Gasteiger charge is -2.04. The number of aromatic nitrogens is 1. The Morgan fingerprint density at radius 1 is 1.12 bits per heavy atom. The molecule has 0 bridgehead atoms. The van der Waals surface area contributed by atoms with Gasteiger partial charge in [-0.3, -0.25) is 0 Å². The van der Waals surface area contributed by atoms with Gasteiger partial charge >= 0.3 is 0 Å². The Kier molecular flexibility index (Phi) is 3.09. The molecular formula is C12H6Cl2N2. The van der Waals surface area contributed by atoms with Crippen LogP contribution in [0.1, 0.15) is 5.69 Å². The van der Waals surface area contributed by atoms with Gasteiger partial charge in [0.1, 0.15) is 11.8 Å². The maximum Gasteiger partial charge on any atom is 0.140 e. The fourth-order valence-electron chi connectivity index (χ4n) is 1.34. The largest absolute Gasteiger partial charge is 0.245 e. The van der Waals surface area contributed by atoms with Crippen molar-refractivity contribution in [2.45, 2.75) is 0 Å². The molecule has 0 aliphatic carbocycles. The summed E-state index contributed by atoms with van der Waals surface area (Å²) in [5.74, 6) is 0. The zero-order chi connectivity index (χ0) is 11.5. The molecule has 1 heterocycles. The van der Waals surface area contributed by atoms with Crippen LogP contribution in [0.15, 0.2) is 36.5 Å². The van der Waals surface area contributed by atoms with Gasteiger partial charge in [0.05, 0.1) is 0 Å². The molecule has 1 aromatic heterocycles. The van der Waals surface area contributed by atoms with Gasteiger partial charge in [-0.05, 0) is 24.3 Å². The molecular weight excluding hydrogens is 243 g/mol. The van der Waals surface area contributed by atoms with Crippen molar-refractivity contribution in [2.75, 3.05) is 0 Å². The molecule has 0 unspecified atom stereocenters. The third-order valence-corrected chi connectivity index (χ3v) is 2.67. The standard InChI is InChI=1S/C12H6Cl2N2/c13-9-2-4-11(12(14)5-9)8-1-3-10(6-15)16-7-8/h1-5,7H. The van der Waals surface area contributed by atoms with Crippen molar-refractivity contribution < 1.29 is 0 Å². The van der Waals surface area contributed by atoms with Crippen molar-refractivity contribution in [3.63, 3.8) is 0 Å². The van der Waals surface area contributed by atoms with Gasteiger partial charge in [-0.1, -0.05) is 29.3 Å². The van der Waals surface area contributed by atoms with Crippen molar-refractivity contribution in [2.24, 2.45) is 0 Å². The zero-order valence-corrected chi connectivity index (χ0v) is 9.63. The molecule has 0 aliphatic heterocycles. The normalized spacial score (nSPS) is 9.81. The summed E-state index contributed by atoms with van der Waals surface area (Å²) in [7, 11) is 0. The van der Waals surface area contributed by atoms with Crippen molar-refractivity contribution in [3.05, 3.63) is 52.3 Å². The lowest BCUT2D eigenvalue weighted by atomic mass is 10.1. The number of hydrogen-bond donors (Lipinski definition) is 0. The third kappa shape index (κ3) is 2.16. The summed E-state index contributed by atoms with van der Waals surface area (Å²) in [6, 6.07) is 10.7. The van der Waals surface area contributed by atoms with Crippen molar-refractivity contribution >= 4 is 23.2 Å². The van der Waals surface area contributed by atoms with Crippen LogP contribution in [0.3, 0.4) is 0 Å². The summed E-state index contributed by atoms with van der Waals surface area (Å²) < 4.78 is 0. The van der Waals surface area contributed by atoms with Gasteiger partial charge in [-0.15, -0.1) is 0 Å². The minimum Gasteiger partial charge on any atom is -0.245 e. The van der Waals surface area contributed by atoms with E-state index in [1.165, 1.54) is 0 Å². The van der Waals surface area contributed by atoms with Crippen LogP contribution in [0.2, 0.25) is 10.0 Å². The molecule has 16 heavy (non-hydrogen) atoms. The highest BCUT2D eigenvalue weighted by Gasteiger charge is 2.04. The van der Waals surface area contributed by atoms with Gasteiger partial charge in [0.15, 0.2) is 0 Å². The summed E-state index contributed by atoms with van der Waals surface area (Å²) in [6.45, 7) is 0. The maximum atomic E-state index is 8.63. The van der Waals surface area contributed by atoms with E-state index in [-0.39, 0.29) is 0 Å². The Morgan fingerprint density at radius 3 is 2.50 bits per heavy atom. The average Bonchev–Trinajstić information content (AvgIpc) is 2.29. The van der Waals surface area contributed by atoms with Gasteiger partial charge in [-0.25, -0.2) is 4.98 Å². The van der Waals surface area contributed by atoms with Crippen LogP contribution in [0.25, 0.3) is 11.1 Å². The Labute approximate surface area is 103 Å². The molecule has 0 amide bonds. The number of benzene rings is 1. The third-order valence-electron chi connectivity index (χ3n) is 2.12. The fourth-order valence-corrected chi connectivity index (χ4v) is 1.86. The first-order valence-corrected chi connectivity index (χ1v) is 5.28. The van der Waals surface area contributed by atoms with Gasteiger partial charge in [-0.2, -0.15) is 5.26 Å². The molecule has 0 saturated carbocycles. The van der Waals surface area contributed by atoms with Crippen LogP contribution in [-0.2, 0) is 0 Å². The number of nitriles is 1. The molecule has 78 valence electrons. The Morgan fingerprint density at radius 2 is 1.94 bits per heavy atom. The smallest absolute Gasteiger partial charge is 0.140 e. The molecule has 0 N–H and O–H groups in total. The topological polar surface area (TPSA) is 36.7 Å². The maximum absolute atomic E-state index is 8.63. The number of hydrogen-bond acceptors (Lipinski definition) is 2. The SMILES string of the molecule is N#Cc1ccc(-c2ccc(Cl)cc2Cl)cn1. The van der Waals surface area contributed by atoms with Gasteiger partial charge in [0.25, 0.3) is 0 Å². The van der Waals surface area contributed by atoms with E-state index in [2.05, 4.69) is 4.98 Å². The molecule has 4 heteroatoms. The van der Waals surface area contributed by atoms with Crippen LogP contribution in [0, 0.1) is 11.3 Å². The Balaban J connectivity index is 2.47. The first-order valence-electron chi connectivity index (χ1n) is 4.52. The van der Waals surface area contributed by atoms with E-state index in [0.717, 1.165) is 11.1 Å². The molecule has 2 nitrogen and oxygen atoms in total. The molecule has 0 saturated heterocycles. The van der Waals surface area contributed by atoms with Crippen LogP contribution in [-0.4, -0.2) is 4.98 Å². The van der Waals surface area contributed by atoms with Crippen LogP contribution < -0.4 is 0 Å². The molecule has 2 rings (SSSR count). The van der Waals surface area contributed by atoms with Crippen molar-refractivity contribution in [1.29, 1.82) is 5.26 Å². The second kappa shape index (κ2) is 4.52. The lowest BCUT2D eigenvalue weighted by Crippen LogP contribution is -1.84. The van der Waals surface area contributed by atoms with E-state index in [1.54, 1.807) is 30.5 Å². The molecule has 0 atom stereocenters. The van der Waals surface area contributed by atoms with E-state index in [0.29, 0.717) is 15.7 Å². The van der Waals surface area contributed by atoms with E-state index < -0.39 is 0 Å². The number of halogens is 2. The van der Waals surface area contributed by atoms with Crippen LogP contribution in [0.5, 0.6) is 0 Å². The Hall–Kier alpha value is -1.56. The Bertz CT molecular complexity index is 556. The quantitative estimate of drug-likeness (QED) is 0.767. The predicted molar refractivity (Wildman–Crippen MR) is 64.4 cm³/mol. The first-order chi connectivity index (χ1) is 7.70.